The van der Waals surface area contributed by atoms with Crippen molar-refractivity contribution in [3.63, 3.8) is 0 Å². The summed E-state index contributed by atoms with van der Waals surface area (Å²) < 4.78 is 5.31. The molecule has 19 heavy (non-hydrogen) atoms. The van der Waals surface area contributed by atoms with Crippen molar-refractivity contribution >= 4 is 0 Å². The molecule has 1 aliphatic carbocycles. The SMILES string of the molecule is COc1cccc(C(NN)C2CCC(C)C(C)C2)c1. The number of hydrogen-bond acceptors (Lipinski definition) is 3. The number of ether oxygens (including phenoxy) is 1. The average molecular weight is 262 g/mol. The first-order chi connectivity index (χ1) is 9.15. The number of nitrogens with one attached hydrogen (secondary N) is 1. The Labute approximate surface area is 116 Å². The normalized spacial score (nSPS) is 28.9. The molecule has 0 aromatic heterocycles. The van der Waals surface area contributed by atoms with Gasteiger partial charge in [-0.3, -0.25) is 11.3 Å². The number of methoxy groups -OCH3 is 1. The summed E-state index contributed by atoms with van der Waals surface area (Å²) in [5.41, 5.74) is 4.25. The van der Waals surface area contributed by atoms with Crippen molar-refractivity contribution in [1.82, 2.24) is 5.43 Å². The maximum Gasteiger partial charge on any atom is 0.119 e. The highest BCUT2D eigenvalue weighted by molar-refractivity contribution is 5.31. The van der Waals surface area contributed by atoms with E-state index >= 15 is 0 Å². The maximum atomic E-state index is 5.82. The van der Waals surface area contributed by atoms with Crippen LogP contribution in [0.3, 0.4) is 0 Å². The largest absolute Gasteiger partial charge is 0.497 e. The van der Waals surface area contributed by atoms with Gasteiger partial charge in [0.15, 0.2) is 0 Å². The molecule has 0 heterocycles. The molecule has 0 radical (unpaired) electrons. The van der Waals surface area contributed by atoms with Crippen LogP contribution in [0.15, 0.2) is 24.3 Å². The van der Waals surface area contributed by atoms with Gasteiger partial charge < -0.3 is 4.74 Å². The number of benzene rings is 1. The number of nitrogens with two attached hydrogens (primary N) is 1. The van der Waals surface area contributed by atoms with Crippen LogP contribution in [0, 0.1) is 17.8 Å². The van der Waals surface area contributed by atoms with Crippen molar-refractivity contribution in [2.24, 2.45) is 23.6 Å². The highest BCUT2D eigenvalue weighted by Gasteiger charge is 2.30. The Hall–Kier alpha value is -1.06. The van der Waals surface area contributed by atoms with Gasteiger partial charge in [0.05, 0.1) is 7.11 Å². The van der Waals surface area contributed by atoms with Crippen LogP contribution in [0.5, 0.6) is 5.75 Å². The molecule has 2 rings (SSSR count). The molecule has 4 unspecified atom stereocenters. The molecular weight excluding hydrogens is 236 g/mol. The van der Waals surface area contributed by atoms with Crippen LogP contribution in [0.25, 0.3) is 0 Å². The molecule has 106 valence electrons. The molecule has 1 aliphatic rings. The third-order valence-corrected chi connectivity index (χ3v) is 4.74. The molecule has 1 fully saturated rings. The monoisotopic (exact) mass is 262 g/mol. The van der Waals surface area contributed by atoms with E-state index in [4.69, 9.17) is 10.6 Å². The zero-order chi connectivity index (χ0) is 13.8. The topological polar surface area (TPSA) is 47.3 Å². The van der Waals surface area contributed by atoms with E-state index in [1.54, 1.807) is 7.11 Å². The fourth-order valence-electron chi connectivity index (χ4n) is 3.23. The lowest BCUT2D eigenvalue weighted by atomic mass is 9.72. The Morgan fingerprint density at radius 2 is 2.05 bits per heavy atom. The second-order valence-corrected chi connectivity index (χ2v) is 5.95. The van der Waals surface area contributed by atoms with Crippen LogP contribution in [0.1, 0.15) is 44.7 Å². The predicted octanol–water partition coefficient (Wildman–Crippen LogP) is 3.27. The Kier molecular flexibility index (Phi) is 4.83. The summed E-state index contributed by atoms with van der Waals surface area (Å²) in [6.07, 6.45) is 3.79. The van der Waals surface area contributed by atoms with E-state index in [2.05, 4.69) is 31.4 Å². The summed E-state index contributed by atoms with van der Waals surface area (Å²) in [6, 6.07) is 8.46. The number of hydrogen-bond donors (Lipinski definition) is 2. The van der Waals surface area contributed by atoms with Crippen LogP contribution >= 0.6 is 0 Å². The first-order valence-electron chi connectivity index (χ1n) is 7.25. The molecule has 0 amide bonds. The van der Waals surface area contributed by atoms with Gasteiger partial charge in [0.2, 0.25) is 0 Å². The van der Waals surface area contributed by atoms with E-state index in [0.717, 1.165) is 17.6 Å². The molecule has 0 aliphatic heterocycles. The van der Waals surface area contributed by atoms with E-state index in [1.165, 1.54) is 24.8 Å². The molecule has 1 saturated carbocycles. The van der Waals surface area contributed by atoms with Gasteiger partial charge in [-0.1, -0.05) is 32.4 Å². The Bertz CT molecular complexity index is 407. The summed E-state index contributed by atoms with van der Waals surface area (Å²) in [7, 11) is 1.70. The zero-order valence-electron chi connectivity index (χ0n) is 12.2. The van der Waals surface area contributed by atoms with Crippen molar-refractivity contribution in [1.29, 1.82) is 0 Å². The summed E-state index contributed by atoms with van der Waals surface area (Å²) in [5, 5.41) is 0. The smallest absolute Gasteiger partial charge is 0.119 e. The minimum Gasteiger partial charge on any atom is -0.497 e. The minimum atomic E-state index is 0.227. The molecular formula is C16H26N2O. The molecule has 4 atom stereocenters. The van der Waals surface area contributed by atoms with Gasteiger partial charge in [-0.2, -0.15) is 0 Å². The standard InChI is InChI=1S/C16H26N2O/c1-11-7-8-14(9-12(11)2)16(18-17)13-5-4-6-15(10-13)19-3/h4-6,10-12,14,16,18H,7-9,17H2,1-3H3. The molecule has 1 aromatic rings. The quantitative estimate of drug-likeness (QED) is 0.646. The van der Waals surface area contributed by atoms with Gasteiger partial charge in [-0.15, -0.1) is 0 Å². The van der Waals surface area contributed by atoms with Crippen LogP contribution in [0.4, 0.5) is 0 Å². The first-order valence-corrected chi connectivity index (χ1v) is 7.25. The Balaban J connectivity index is 2.15. The lowest BCUT2D eigenvalue weighted by molar-refractivity contribution is 0.171. The van der Waals surface area contributed by atoms with Crippen LogP contribution in [-0.4, -0.2) is 7.11 Å². The summed E-state index contributed by atoms with van der Waals surface area (Å²) in [6.45, 7) is 4.72. The molecule has 0 bridgehead atoms. The fourth-order valence-corrected chi connectivity index (χ4v) is 3.23. The highest BCUT2D eigenvalue weighted by Crippen LogP contribution is 2.39. The van der Waals surface area contributed by atoms with E-state index in [0.29, 0.717) is 5.92 Å². The van der Waals surface area contributed by atoms with Crippen LogP contribution in [0.2, 0.25) is 0 Å². The van der Waals surface area contributed by atoms with Gasteiger partial charge in [0, 0.05) is 6.04 Å². The van der Waals surface area contributed by atoms with Crippen molar-refractivity contribution < 1.29 is 4.74 Å². The molecule has 0 saturated heterocycles. The van der Waals surface area contributed by atoms with E-state index in [1.807, 2.05) is 12.1 Å². The lowest BCUT2D eigenvalue weighted by Gasteiger charge is -2.36. The van der Waals surface area contributed by atoms with Gasteiger partial charge in [0.1, 0.15) is 5.75 Å². The second kappa shape index (κ2) is 6.40. The molecule has 3 nitrogen and oxygen atoms in total. The van der Waals surface area contributed by atoms with Crippen molar-refractivity contribution in [3.05, 3.63) is 29.8 Å². The van der Waals surface area contributed by atoms with E-state index < -0.39 is 0 Å². The first kappa shape index (κ1) is 14.4. The fraction of sp³-hybridized carbons (Fsp3) is 0.625. The van der Waals surface area contributed by atoms with Crippen molar-refractivity contribution in [2.75, 3.05) is 7.11 Å². The lowest BCUT2D eigenvalue weighted by Crippen LogP contribution is -2.36. The molecule has 3 heteroatoms. The van der Waals surface area contributed by atoms with E-state index in [-0.39, 0.29) is 6.04 Å². The number of rotatable bonds is 4. The van der Waals surface area contributed by atoms with Gasteiger partial charge in [-0.05, 0) is 48.3 Å². The maximum absolute atomic E-state index is 5.82. The Morgan fingerprint density at radius 1 is 1.26 bits per heavy atom. The zero-order valence-corrected chi connectivity index (χ0v) is 12.2. The number of hydrazine groups is 1. The molecule has 1 aromatic carbocycles. The predicted molar refractivity (Wildman–Crippen MR) is 78.7 cm³/mol. The Morgan fingerprint density at radius 3 is 2.68 bits per heavy atom. The molecule has 3 N–H and O–H groups in total. The third-order valence-electron chi connectivity index (χ3n) is 4.74. The van der Waals surface area contributed by atoms with Crippen molar-refractivity contribution in [2.45, 2.75) is 39.2 Å². The molecule has 0 spiro atoms. The summed E-state index contributed by atoms with van der Waals surface area (Å²) >= 11 is 0. The third kappa shape index (κ3) is 3.28. The van der Waals surface area contributed by atoms with Crippen LogP contribution < -0.4 is 16.0 Å². The van der Waals surface area contributed by atoms with Crippen molar-refractivity contribution in [3.8, 4) is 5.75 Å². The van der Waals surface area contributed by atoms with Gasteiger partial charge >= 0.3 is 0 Å². The minimum absolute atomic E-state index is 0.227. The summed E-state index contributed by atoms with van der Waals surface area (Å²) in [5.74, 6) is 8.94. The van der Waals surface area contributed by atoms with E-state index in [9.17, 15) is 0 Å². The second-order valence-electron chi connectivity index (χ2n) is 5.95. The van der Waals surface area contributed by atoms with Crippen LogP contribution in [-0.2, 0) is 0 Å². The van der Waals surface area contributed by atoms with Gasteiger partial charge in [0.25, 0.3) is 0 Å². The average Bonchev–Trinajstić information content (AvgIpc) is 2.44. The highest BCUT2D eigenvalue weighted by atomic mass is 16.5. The summed E-state index contributed by atoms with van der Waals surface area (Å²) in [4.78, 5) is 0. The van der Waals surface area contributed by atoms with Gasteiger partial charge in [-0.25, -0.2) is 0 Å².